The van der Waals surface area contributed by atoms with Crippen LogP contribution >= 0.6 is 0 Å². The van der Waals surface area contributed by atoms with Crippen LogP contribution < -0.4 is 0 Å². The topological polar surface area (TPSA) is 46.5 Å². The number of Topliss-reactive ketones (excluding diaryl/α,β-unsaturated/α-hetero) is 1. The number of carbonyl (C=O) groups excluding carboxylic acids is 1. The van der Waals surface area contributed by atoms with E-state index in [1.165, 1.54) is 13.0 Å². The first kappa shape index (κ1) is 11.7. The summed E-state index contributed by atoms with van der Waals surface area (Å²) in [5, 5.41) is 9.54. The van der Waals surface area contributed by atoms with Gasteiger partial charge in [0.1, 0.15) is 5.75 Å². The van der Waals surface area contributed by atoms with Gasteiger partial charge < -0.3 is 9.84 Å². The number of hydrogen-bond donors (Lipinski definition) is 1. The van der Waals surface area contributed by atoms with Crippen LogP contribution in [0.1, 0.15) is 36.7 Å². The van der Waals surface area contributed by atoms with Gasteiger partial charge in [-0.3, -0.25) is 4.79 Å². The van der Waals surface area contributed by atoms with E-state index in [-0.39, 0.29) is 17.6 Å². The molecule has 1 aromatic carbocycles. The SMILES string of the molecule is CC(=O)c1ccc(O)c(COC(C)C)c1. The summed E-state index contributed by atoms with van der Waals surface area (Å²) in [6.07, 6.45) is 0.102. The highest BCUT2D eigenvalue weighted by atomic mass is 16.5. The van der Waals surface area contributed by atoms with E-state index in [9.17, 15) is 9.90 Å². The second-order valence-electron chi connectivity index (χ2n) is 3.76. The molecule has 1 N–H and O–H groups in total. The monoisotopic (exact) mass is 208 g/mol. The number of ether oxygens (including phenoxy) is 1. The van der Waals surface area contributed by atoms with E-state index in [1.54, 1.807) is 12.1 Å². The Bertz CT molecular complexity index is 356. The van der Waals surface area contributed by atoms with Crippen molar-refractivity contribution in [1.29, 1.82) is 0 Å². The fourth-order valence-electron chi connectivity index (χ4n) is 1.18. The van der Waals surface area contributed by atoms with Crippen molar-refractivity contribution in [3.8, 4) is 5.75 Å². The van der Waals surface area contributed by atoms with Crippen molar-refractivity contribution < 1.29 is 14.6 Å². The van der Waals surface area contributed by atoms with Crippen molar-refractivity contribution in [2.75, 3.05) is 0 Å². The standard InChI is InChI=1S/C12H16O3/c1-8(2)15-7-11-6-10(9(3)13)4-5-12(11)14/h4-6,8,14H,7H2,1-3H3. The van der Waals surface area contributed by atoms with Gasteiger partial charge in [-0.2, -0.15) is 0 Å². The molecule has 0 aliphatic carbocycles. The molecule has 0 aromatic heterocycles. The van der Waals surface area contributed by atoms with E-state index >= 15 is 0 Å². The Hall–Kier alpha value is -1.35. The Morgan fingerprint density at radius 2 is 2.13 bits per heavy atom. The van der Waals surface area contributed by atoms with Crippen LogP contribution in [0.5, 0.6) is 5.75 Å². The maximum Gasteiger partial charge on any atom is 0.159 e. The number of benzene rings is 1. The minimum atomic E-state index is -0.0132. The average Bonchev–Trinajstić information content (AvgIpc) is 2.16. The first-order valence-electron chi connectivity index (χ1n) is 4.95. The van der Waals surface area contributed by atoms with Gasteiger partial charge in [-0.1, -0.05) is 0 Å². The molecule has 82 valence electrons. The zero-order valence-electron chi connectivity index (χ0n) is 9.28. The van der Waals surface area contributed by atoms with Gasteiger partial charge in [-0.05, 0) is 39.0 Å². The lowest BCUT2D eigenvalue weighted by Crippen LogP contribution is -2.03. The molecule has 0 bridgehead atoms. The molecule has 0 unspecified atom stereocenters. The van der Waals surface area contributed by atoms with E-state index < -0.39 is 0 Å². The lowest BCUT2D eigenvalue weighted by atomic mass is 10.1. The van der Waals surface area contributed by atoms with Crippen LogP contribution in [-0.2, 0) is 11.3 Å². The van der Waals surface area contributed by atoms with Crippen molar-refractivity contribution in [2.24, 2.45) is 0 Å². The van der Waals surface area contributed by atoms with Gasteiger partial charge in [0, 0.05) is 11.1 Å². The summed E-state index contributed by atoms with van der Waals surface area (Å²) in [7, 11) is 0. The Morgan fingerprint density at radius 3 is 2.67 bits per heavy atom. The molecule has 0 saturated carbocycles. The quantitative estimate of drug-likeness (QED) is 0.773. The van der Waals surface area contributed by atoms with Gasteiger partial charge in [0.15, 0.2) is 5.78 Å². The van der Waals surface area contributed by atoms with Gasteiger partial charge in [0.2, 0.25) is 0 Å². The Kier molecular flexibility index (Phi) is 3.86. The van der Waals surface area contributed by atoms with E-state index in [0.717, 1.165) is 0 Å². The van der Waals surface area contributed by atoms with E-state index in [2.05, 4.69) is 0 Å². The van der Waals surface area contributed by atoms with Crippen molar-refractivity contribution in [2.45, 2.75) is 33.5 Å². The van der Waals surface area contributed by atoms with E-state index in [1.807, 2.05) is 13.8 Å². The third kappa shape index (κ3) is 3.36. The van der Waals surface area contributed by atoms with Crippen molar-refractivity contribution in [1.82, 2.24) is 0 Å². The van der Waals surface area contributed by atoms with Gasteiger partial charge in [0.05, 0.1) is 12.7 Å². The van der Waals surface area contributed by atoms with E-state index in [0.29, 0.717) is 17.7 Å². The predicted octanol–water partition coefficient (Wildman–Crippen LogP) is 2.52. The maximum atomic E-state index is 11.1. The molecule has 0 amide bonds. The predicted molar refractivity (Wildman–Crippen MR) is 58.0 cm³/mol. The molecular weight excluding hydrogens is 192 g/mol. The summed E-state index contributed by atoms with van der Waals surface area (Å²) >= 11 is 0. The Labute approximate surface area is 89.7 Å². The fourth-order valence-corrected chi connectivity index (χ4v) is 1.18. The lowest BCUT2D eigenvalue weighted by molar-refractivity contribution is 0.0645. The van der Waals surface area contributed by atoms with Crippen molar-refractivity contribution in [3.05, 3.63) is 29.3 Å². The molecular formula is C12H16O3. The average molecular weight is 208 g/mol. The highest BCUT2D eigenvalue weighted by Gasteiger charge is 2.06. The Morgan fingerprint density at radius 1 is 1.47 bits per heavy atom. The van der Waals surface area contributed by atoms with Crippen LogP contribution in [0.15, 0.2) is 18.2 Å². The molecule has 0 saturated heterocycles. The number of rotatable bonds is 4. The summed E-state index contributed by atoms with van der Waals surface area (Å²) in [5.74, 6) is 0.154. The third-order valence-corrected chi connectivity index (χ3v) is 2.06. The van der Waals surface area contributed by atoms with Gasteiger partial charge in [0.25, 0.3) is 0 Å². The minimum absolute atomic E-state index is 0.0132. The molecule has 3 heteroatoms. The fraction of sp³-hybridized carbons (Fsp3) is 0.417. The number of aromatic hydroxyl groups is 1. The smallest absolute Gasteiger partial charge is 0.159 e. The highest BCUT2D eigenvalue weighted by Crippen LogP contribution is 2.20. The highest BCUT2D eigenvalue weighted by molar-refractivity contribution is 5.94. The largest absolute Gasteiger partial charge is 0.508 e. The number of phenols is 1. The molecule has 0 radical (unpaired) electrons. The van der Waals surface area contributed by atoms with Crippen LogP contribution in [-0.4, -0.2) is 17.0 Å². The minimum Gasteiger partial charge on any atom is -0.508 e. The summed E-state index contributed by atoms with van der Waals surface area (Å²) in [6, 6.07) is 4.80. The molecule has 15 heavy (non-hydrogen) atoms. The molecule has 1 aromatic rings. The van der Waals surface area contributed by atoms with Gasteiger partial charge in [-0.15, -0.1) is 0 Å². The summed E-state index contributed by atoms with van der Waals surface area (Å²) in [6.45, 7) is 5.67. The van der Waals surface area contributed by atoms with Crippen LogP contribution in [0.25, 0.3) is 0 Å². The van der Waals surface area contributed by atoms with Gasteiger partial charge in [-0.25, -0.2) is 0 Å². The second-order valence-corrected chi connectivity index (χ2v) is 3.76. The van der Waals surface area contributed by atoms with Crippen LogP contribution in [0.2, 0.25) is 0 Å². The number of hydrogen-bond acceptors (Lipinski definition) is 3. The first-order chi connectivity index (χ1) is 7.00. The lowest BCUT2D eigenvalue weighted by Gasteiger charge is -2.09. The van der Waals surface area contributed by atoms with Crippen molar-refractivity contribution in [3.63, 3.8) is 0 Å². The molecule has 0 fully saturated rings. The molecule has 3 nitrogen and oxygen atoms in total. The Balaban J connectivity index is 2.85. The number of phenolic OH excluding ortho intramolecular Hbond substituents is 1. The normalized spacial score (nSPS) is 10.7. The van der Waals surface area contributed by atoms with Crippen LogP contribution in [0.3, 0.4) is 0 Å². The molecule has 0 atom stereocenters. The van der Waals surface area contributed by atoms with Crippen LogP contribution in [0, 0.1) is 0 Å². The second kappa shape index (κ2) is 4.94. The summed E-state index contributed by atoms with van der Waals surface area (Å²) < 4.78 is 5.37. The third-order valence-electron chi connectivity index (χ3n) is 2.06. The molecule has 0 aliphatic heterocycles. The molecule has 1 rings (SSSR count). The zero-order valence-corrected chi connectivity index (χ0v) is 9.28. The zero-order chi connectivity index (χ0) is 11.4. The molecule has 0 spiro atoms. The molecule has 0 aliphatic rings. The number of carbonyl (C=O) groups is 1. The van der Waals surface area contributed by atoms with Crippen molar-refractivity contribution >= 4 is 5.78 Å². The first-order valence-corrected chi connectivity index (χ1v) is 4.95. The molecule has 0 heterocycles. The van der Waals surface area contributed by atoms with E-state index in [4.69, 9.17) is 4.74 Å². The summed E-state index contributed by atoms with van der Waals surface area (Å²) in [4.78, 5) is 11.1. The maximum absolute atomic E-state index is 11.1. The number of ketones is 1. The summed E-state index contributed by atoms with van der Waals surface area (Å²) in [5.41, 5.74) is 1.24. The van der Waals surface area contributed by atoms with Gasteiger partial charge >= 0.3 is 0 Å². The van der Waals surface area contributed by atoms with Crippen LogP contribution in [0.4, 0.5) is 0 Å².